The van der Waals surface area contributed by atoms with E-state index in [0.29, 0.717) is 5.92 Å². The molecule has 0 saturated heterocycles. The van der Waals surface area contributed by atoms with E-state index in [1.807, 2.05) is 0 Å². The summed E-state index contributed by atoms with van der Waals surface area (Å²) in [4.78, 5) is 9.41. The van der Waals surface area contributed by atoms with Crippen molar-refractivity contribution in [3.8, 4) is 0 Å². The summed E-state index contributed by atoms with van der Waals surface area (Å²) in [6.45, 7) is 4.35. The Balaban J connectivity index is 2.27. The van der Waals surface area contributed by atoms with Crippen LogP contribution in [0.4, 0.5) is 5.82 Å². The van der Waals surface area contributed by atoms with Gasteiger partial charge in [-0.25, -0.2) is 4.98 Å². The monoisotopic (exact) mass is 345 g/mol. The SMILES string of the molecule is CC(C)C(Nc1nc(Cl)ncc1Br)c1cccs1. The van der Waals surface area contributed by atoms with Crippen molar-refractivity contribution >= 4 is 44.7 Å². The van der Waals surface area contributed by atoms with Gasteiger partial charge in [-0.15, -0.1) is 11.3 Å². The second-order valence-corrected chi connectivity index (χ2v) is 6.39. The summed E-state index contributed by atoms with van der Waals surface area (Å²) in [5, 5.41) is 5.74. The number of hydrogen-bond donors (Lipinski definition) is 1. The molecule has 18 heavy (non-hydrogen) atoms. The van der Waals surface area contributed by atoms with E-state index >= 15 is 0 Å². The molecule has 2 rings (SSSR count). The van der Waals surface area contributed by atoms with Gasteiger partial charge in [0, 0.05) is 11.1 Å². The van der Waals surface area contributed by atoms with Gasteiger partial charge in [0.25, 0.3) is 0 Å². The average Bonchev–Trinajstić information content (AvgIpc) is 2.83. The van der Waals surface area contributed by atoms with Gasteiger partial charge in [0.15, 0.2) is 0 Å². The summed E-state index contributed by atoms with van der Waals surface area (Å²) in [6.07, 6.45) is 1.66. The molecule has 0 aliphatic rings. The Kier molecular flexibility index (Phi) is 4.59. The van der Waals surface area contributed by atoms with Crippen LogP contribution in [0, 0.1) is 5.92 Å². The summed E-state index contributed by atoms with van der Waals surface area (Å²) in [5.74, 6) is 1.17. The third-order valence-corrected chi connectivity index (χ3v) is 4.24. The Hall–Kier alpha value is -0.650. The van der Waals surface area contributed by atoms with Crippen LogP contribution in [0.15, 0.2) is 28.2 Å². The highest BCUT2D eigenvalue weighted by Crippen LogP contribution is 2.31. The number of rotatable bonds is 4. The van der Waals surface area contributed by atoms with E-state index in [9.17, 15) is 0 Å². The molecule has 2 heterocycles. The minimum Gasteiger partial charge on any atom is -0.361 e. The first-order valence-corrected chi connectivity index (χ1v) is 7.61. The maximum Gasteiger partial charge on any atom is 0.224 e. The Bertz CT molecular complexity index is 516. The fraction of sp³-hybridized carbons (Fsp3) is 0.333. The van der Waals surface area contributed by atoms with Crippen molar-refractivity contribution in [3.05, 3.63) is 38.3 Å². The number of hydrogen-bond acceptors (Lipinski definition) is 4. The van der Waals surface area contributed by atoms with E-state index in [-0.39, 0.29) is 11.3 Å². The second kappa shape index (κ2) is 5.99. The van der Waals surface area contributed by atoms with E-state index in [4.69, 9.17) is 11.6 Å². The molecule has 3 nitrogen and oxygen atoms in total. The lowest BCUT2D eigenvalue weighted by atomic mass is 10.0. The third-order valence-electron chi connectivity index (χ3n) is 2.52. The van der Waals surface area contributed by atoms with Crippen LogP contribution < -0.4 is 5.32 Å². The van der Waals surface area contributed by atoms with Gasteiger partial charge in [-0.3, -0.25) is 0 Å². The average molecular weight is 347 g/mol. The van der Waals surface area contributed by atoms with Gasteiger partial charge in [-0.2, -0.15) is 4.98 Å². The zero-order valence-electron chi connectivity index (χ0n) is 10.0. The van der Waals surface area contributed by atoms with E-state index in [2.05, 4.69) is 62.6 Å². The van der Waals surface area contributed by atoms with Crippen LogP contribution in [0.2, 0.25) is 5.28 Å². The van der Waals surface area contributed by atoms with Gasteiger partial charge in [0.1, 0.15) is 5.82 Å². The molecule has 0 aliphatic carbocycles. The molecule has 2 aromatic heterocycles. The maximum atomic E-state index is 5.82. The summed E-state index contributed by atoms with van der Waals surface area (Å²) < 4.78 is 0.814. The predicted octanol–water partition coefficient (Wildman–Crippen LogP) is 4.76. The number of halogens is 2. The van der Waals surface area contributed by atoms with E-state index in [1.165, 1.54) is 4.88 Å². The van der Waals surface area contributed by atoms with E-state index < -0.39 is 0 Å². The number of anilines is 1. The topological polar surface area (TPSA) is 37.8 Å². The highest BCUT2D eigenvalue weighted by atomic mass is 79.9. The molecule has 0 aromatic carbocycles. The van der Waals surface area contributed by atoms with Crippen LogP contribution >= 0.6 is 38.9 Å². The van der Waals surface area contributed by atoms with Gasteiger partial charge in [-0.1, -0.05) is 19.9 Å². The molecule has 0 amide bonds. The molecule has 0 spiro atoms. The molecular weight excluding hydrogens is 334 g/mol. The highest BCUT2D eigenvalue weighted by Gasteiger charge is 2.18. The third kappa shape index (κ3) is 3.22. The fourth-order valence-electron chi connectivity index (χ4n) is 1.63. The van der Waals surface area contributed by atoms with Crippen molar-refractivity contribution in [2.45, 2.75) is 19.9 Å². The van der Waals surface area contributed by atoms with E-state index in [0.717, 1.165) is 10.3 Å². The van der Waals surface area contributed by atoms with E-state index in [1.54, 1.807) is 17.5 Å². The molecule has 0 aliphatic heterocycles. The maximum absolute atomic E-state index is 5.82. The molecule has 1 atom stereocenters. The minimum absolute atomic E-state index is 0.215. The number of thiophene rings is 1. The van der Waals surface area contributed by atoms with Gasteiger partial charge in [0.05, 0.1) is 10.5 Å². The molecule has 96 valence electrons. The lowest BCUT2D eigenvalue weighted by Gasteiger charge is -2.22. The smallest absolute Gasteiger partial charge is 0.224 e. The summed E-state index contributed by atoms with van der Waals surface area (Å²) in [5.41, 5.74) is 0. The van der Waals surface area contributed by atoms with Crippen molar-refractivity contribution < 1.29 is 0 Å². The Morgan fingerprint density at radius 3 is 2.83 bits per heavy atom. The number of nitrogens with one attached hydrogen (secondary N) is 1. The van der Waals surface area contributed by atoms with Crippen LogP contribution in [-0.4, -0.2) is 9.97 Å². The minimum atomic E-state index is 0.215. The molecule has 2 aromatic rings. The first kappa shape index (κ1) is 13.8. The van der Waals surface area contributed by atoms with Crippen LogP contribution in [0.3, 0.4) is 0 Å². The number of nitrogens with zero attached hydrogens (tertiary/aromatic N) is 2. The molecule has 6 heteroatoms. The lowest BCUT2D eigenvalue weighted by molar-refractivity contribution is 0.551. The van der Waals surface area contributed by atoms with Gasteiger partial charge in [0.2, 0.25) is 5.28 Å². The van der Waals surface area contributed by atoms with Crippen LogP contribution in [-0.2, 0) is 0 Å². The van der Waals surface area contributed by atoms with Crippen LogP contribution in [0.5, 0.6) is 0 Å². The Labute approximate surface area is 124 Å². The van der Waals surface area contributed by atoms with Crippen molar-refractivity contribution in [2.75, 3.05) is 5.32 Å². The first-order valence-electron chi connectivity index (χ1n) is 5.56. The predicted molar refractivity (Wildman–Crippen MR) is 80.3 cm³/mol. The summed E-state index contributed by atoms with van der Waals surface area (Å²) in [7, 11) is 0. The molecule has 0 bridgehead atoms. The van der Waals surface area contributed by atoms with Crippen LogP contribution in [0.25, 0.3) is 0 Å². The molecule has 1 N–H and O–H groups in total. The van der Waals surface area contributed by atoms with Crippen molar-refractivity contribution in [1.29, 1.82) is 0 Å². The fourth-order valence-corrected chi connectivity index (χ4v) is 3.02. The van der Waals surface area contributed by atoms with Crippen molar-refractivity contribution in [2.24, 2.45) is 5.92 Å². The van der Waals surface area contributed by atoms with Crippen molar-refractivity contribution in [1.82, 2.24) is 9.97 Å². The standard InChI is InChI=1S/C12H13BrClN3S/c1-7(2)10(9-4-3-5-18-9)16-11-8(13)6-15-12(14)17-11/h3-7,10H,1-2H3,(H,15,16,17). The van der Waals surface area contributed by atoms with Gasteiger partial charge >= 0.3 is 0 Å². The first-order chi connectivity index (χ1) is 8.58. The Morgan fingerprint density at radius 1 is 1.44 bits per heavy atom. The summed E-state index contributed by atoms with van der Waals surface area (Å²) >= 11 is 11.0. The lowest BCUT2D eigenvalue weighted by Crippen LogP contribution is -2.16. The zero-order valence-corrected chi connectivity index (χ0v) is 13.2. The largest absolute Gasteiger partial charge is 0.361 e. The molecule has 0 radical (unpaired) electrons. The zero-order chi connectivity index (χ0) is 13.1. The molecular formula is C12H13BrClN3S. The summed E-state index contributed by atoms with van der Waals surface area (Å²) in [6, 6.07) is 4.39. The molecule has 0 fully saturated rings. The van der Waals surface area contributed by atoms with Crippen LogP contribution in [0.1, 0.15) is 24.8 Å². The second-order valence-electron chi connectivity index (χ2n) is 4.22. The van der Waals surface area contributed by atoms with Crippen molar-refractivity contribution in [3.63, 3.8) is 0 Å². The number of aromatic nitrogens is 2. The molecule has 0 saturated carbocycles. The van der Waals surface area contributed by atoms with Gasteiger partial charge < -0.3 is 5.32 Å². The Morgan fingerprint density at radius 2 is 2.22 bits per heavy atom. The normalized spacial score (nSPS) is 12.7. The molecule has 1 unspecified atom stereocenters. The van der Waals surface area contributed by atoms with Gasteiger partial charge in [-0.05, 0) is 44.9 Å². The quantitative estimate of drug-likeness (QED) is 0.811. The highest BCUT2D eigenvalue weighted by molar-refractivity contribution is 9.10.